The number of hydrogen-bond donors (Lipinski definition) is 3. The SMILES string of the molecule is CC(=O)Nc1cccc(C2C(C(=O)O)=C(C)NC3=C2C(=O)CC(c2c(C)cc(C)cc2C)C3)c1. The van der Waals surface area contributed by atoms with Crippen molar-refractivity contribution in [2.45, 2.75) is 59.3 Å². The summed E-state index contributed by atoms with van der Waals surface area (Å²) in [6.07, 6.45) is 0.969. The summed E-state index contributed by atoms with van der Waals surface area (Å²) < 4.78 is 0. The van der Waals surface area contributed by atoms with Crippen LogP contribution in [0.2, 0.25) is 0 Å². The molecule has 0 radical (unpaired) electrons. The van der Waals surface area contributed by atoms with E-state index in [1.165, 1.54) is 29.2 Å². The fourth-order valence-corrected chi connectivity index (χ4v) is 5.69. The maximum absolute atomic E-state index is 13.6. The van der Waals surface area contributed by atoms with Gasteiger partial charge in [-0.15, -0.1) is 0 Å². The summed E-state index contributed by atoms with van der Waals surface area (Å²) >= 11 is 0. The molecule has 1 amide bonds. The molecule has 2 aliphatic rings. The Morgan fingerprint density at radius 1 is 1.03 bits per heavy atom. The van der Waals surface area contributed by atoms with Gasteiger partial charge >= 0.3 is 5.97 Å². The zero-order chi connectivity index (χ0) is 24.7. The van der Waals surface area contributed by atoms with Gasteiger partial charge in [-0.05, 0) is 74.4 Å². The van der Waals surface area contributed by atoms with Gasteiger partial charge in [0.25, 0.3) is 0 Å². The second kappa shape index (κ2) is 8.93. The summed E-state index contributed by atoms with van der Waals surface area (Å²) in [4.78, 5) is 37.5. The standard InChI is InChI=1S/C28H30N2O4/c1-14-9-15(2)24(16(3)10-14)20-12-22-27(23(32)13-20)26(25(28(33)34)17(4)29-22)19-7-6-8-21(11-19)30-18(5)31/h6-11,20,26,29H,12-13H2,1-5H3,(H,30,31)(H,33,34). The third-order valence-electron chi connectivity index (χ3n) is 6.74. The molecule has 6 heteroatoms. The van der Waals surface area contributed by atoms with Crippen LogP contribution in [0.15, 0.2) is 58.9 Å². The molecule has 1 heterocycles. The molecule has 0 aromatic heterocycles. The molecule has 2 aromatic carbocycles. The molecular weight excluding hydrogens is 428 g/mol. The van der Waals surface area contributed by atoms with E-state index in [4.69, 9.17) is 0 Å². The lowest BCUT2D eigenvalue weighted by molar-refractivity contribution is -0.133. The Labute approximate surface area is 199 Å². The van der Waals surface area contributed by atoms with Crippen LogP contribution < -0.4 is 10.6 Å². The first kappa shape index (κ1) is 23.5. The van der Waals surface area contributed by atoms with Crippen LogP contribution >= 0.6 is 0 Å². The van der Waals surface area contributed by atoms with E-state index in [-0.39, 0.29) is 23.2 Å². The van der Waals surface area contributed by atoms with Crippen LogP contribution in [0.3, 0.4) is 0 Å². The Kier molecular flexibility index (Phi) is 6.17. The average molecular weight is 459 g/mol. The van der Waals surface area contributed by atoms with Gasteiger partial charge in [0.1, 0.15) is 0 Å². The van der Waals surface area contributed by atoms with Crippen molar-refractivity contribution in [2.24, 2.45) is 0 Å². The number of anilines is 1. The molecular formula is C28H30N2O4. The molecule has 176 valence electrons. The number of nitrogens with one attached hydrogen (secondary N) is 2. The minimum atomic E-state index is -1.06. The second-order valence-corrected chi connectivity index (χ2v) is 9.44. The van der Waals surface area contributed by atoms with Crippen LogP contribution in [-0.2, 0) is 14.4 Å². The molecule has 0 fully saturated rings. The predicted molar refractivity (Wildman–Crippen MR) is 132 cm³/mol. The van der Waals surface area contributed by atoms with Gasteiger partial charge in [0, 0.05) is 41.9 Å². The van der Waals surface area contributed by atoms with E-state index >= 15 is 0 Å². The smallest absolute Gasteiger partial charge is 0.334 e. The molecule has 2 unspecified atom stereocenters. The number of carbonyl (C=O) groups excluding carboxylic acids is 2. The number of amides is 1. The number of carboxylic acids is 1. The van der Waals surface area contributed by atoms with Crippen molar-refractivity contribution in [1.82, 2.24) is 5.32 Å². The zero-order valence-electron chi connectivity index (χ0n) is 20.2. The predicted octanol–water partition coefficient (Wildman–Crippen LogP) is 5.02. The number of carbonyl (C=O) groups is 3. The van der Waals surface area contributed by atoms with Gasteiger partial charge in [-0.25, -0.2) is 4.79 Å². The maximum atomic E-state index is 13.6. The van der Waals surface area contributed by atoms with E-state index in [0.717, 1.165) is 5.70 Å². The highest BCUT2D eigenvalue weighted by Gasteiger charge is 2.41. The number of aryl methyl sites for hydroxylation is 3. The minimum absolute atomic E-state index is 0.0323. The first-order valence-corrected chi connectivity index (χ1v) is 11.5. The lowest BCUT2D eigenvalue weighted by atomic mass is 9.70. The Morgan fingerprint density at radius 3 is 2.32 bits per heavy atom. The number of ketones is 1. The van der Waals surface area contributed by atoms with Gasteiger partial charge in [0.2, 0.25) is 5.91 Å². The third-order valence-corrected chi connectivity index (χ3v) is 6.74. The van der Waals surface area contributed by atoms with Crippen molar-refractivity contribution in [3.63, 3.8) is 0 Å². The summed E-state index contributed by atoms with van der Waals surface area (Å²) in [6, 6.07) is 11.4. The summed E-state index contributed by atoms with van der Waals surface area (Å²) in [7, 11) is 0. The first-order chi connectivity index (χ1) is 16.1. The van der Waals surface area contributed by atoms with Crippen LogP contribution in [0.25, 0.3) is 0 Å². The quantitative estimate of drug-likeness (QED) is 0.598. The first-order valence-electron chi connectivity index (χ1n) is 11.5. The van der Waals surface area contributed by atoms with Crippen LogP contribution in [0.1, 0.15) is 66.3 Å². The third kappa shape index (κ3) is 4.28. The number of rotatable bonds is 4. The van der Waals surface area contributed by atoms with Gasteiger partial charge < -0.3 is 15.7 Å². The highest BCUT2D eigenvalue weighted by Crippen LogP contribution is 2.46. The molecule has 1 aliphatic carbocycles. The average Bonchev–Trinajstić information content (AvgIpc) is 2.71. The topological polar surface area (TPSA) is 95.5 Å². The number of dihydropyridines is 1. The Bertz CT molecular complexity index is 1260. The van der Waals surface area contributed by atoms with Crippen LogP contribution in [0.5, 0.6) is 0 Å². The highest BCUT2D eigenvalue weighted by atomic mass is 16.4. The molecule has 2 atom stereocenters. The van der Waals surface area contributed by atoms with Gasteiger partial charge in [0.05, 0.1) is 5.57 Å². The molecule has 3 N–H and O–H groups in total. The van der Waals surface area contributed by atoms with E-state index in [2.05, 4.69) is 43.5 Å². The van der Waals surface area contributed by atoms with Crippen molar-refractivity contribution in [2.75, 3.05) is 5.32 Å². The van der Waals surface area contributed by atoms with Crippen LogP contribution in [0, 0.1) is 20.8 Å². The Morgan fingerprint density at radius 2 is 1.71 bits per heavy atom. The van der Waals surface area contributed by atoms with Crippen molar-refractivity contribution in [1.29, 1.82) is 0 Å². The molecule has 6 nitrogen and oxygen atoms in total. The number of hydrogen-bond acceptors (Lipinski definition) is 4. The van der Waals surface area contributed by atoms with E-state index < -0.39 is 11.9 Å². The molecule has 4 rings (SSSR count). The molecule has 0 spiro atoms. The van der Waals surface area contributed by atoms with Crippen LogP contribution in [0.4, 0.5) is 5.69 Å². The van der Waals surface area contributed by atoms with Crippen LogP contribution in [-0.4, -0.2) is 22.8 Å². The van der Waals surface area contributed by atoms with Gasteiger partial charge in [-0.3, -0.25) is 9.59 Å². The Balaban J connectivity index is 1.82. The number of allylic oxidation sites excluding steroid dienone is 3. The van der Waals surface area contributed by atoms with Gasteiger partial charge in [0.15, 0.2) is 5.78 Å². The second-order valence-electron chi connectivity index (χ2n) is 9.44. The molecule has 0 bridgehead atoms. The molecule has 0 saturated heterocycles. The normalized spacial score (nSPS) is 20.1. The summed E-state index contributed by atoms with van der Waals surface area (Å²) in [5, 5.41) is 16.1. The lowest BCUT2D eigenvalue weighted by Gasteiger charge is -2.37. The number of aliphatic carboxylic acids is 1. The molecule has 34 heavy (non-hydrogen) atoms. The number of Topliss-reactive ketones (excluding diaryl/α,β-unsaturated/α-hetero) is 1. The van der Waals surface area contributed by atoms with Crippen molar-refractivity contribution < 1.29 is 19.5 Å². The fraction of sp³-hybridized carbons (Fsp3) is 0.321. The summed E-state index contributed by atoms with van der Waals surface area (Å²) in [5.41, 5.74) is 7.98. The number of benzene rings is 2. The van der Waals surface area contributed by atoms with Gasteiger partial charge in [-0.1, -0.05) is 29.8 Å². The molecule has 1 aliphatic heterocycles. The van der Waals surface area contributed by atoms with E-state index in [0.29, 0.717) is 35.4 Å². The lowest BCUT2D eigenvalue weighted by Crippen LogP contribution is -2.36. The minimum Gasteiger partial charge on any atom is -0.478 e. The van der Waals surface area contributed by atoms with E-state index in [9.17, 15) is 19.5 Å². The maximum Gasteiger partial charge on any atom is 0.334 e. The van der Waals surface area contributed by atoms with Gasteiger partial charge in [-0.2, -0.15) is 0 Å². The Hall–Kier alpha value is -3.67. The molecule has 0 saturated carbocycles. The van der Waals surface area contributed by atoms with Crippen molar-refractivity contribution in [3.8, 4) is 0 Å². The van der Waals surface area contributed by atoms with E-state index in [1.807, 2.05) is 6.07 Å². The van der Waals surface area contributed by atoms with Crippen molar-refractivity contribution >= 4 is 23.3 Å². The summed E-state index contributed by atoms with van der Waals surface area (Å²) in [6.45, 7) is 9.41. The molecule has 2 aromatic rings. The van der Waals surface area contributed by atoms with Crippen molar-refractivity contribution in [3.05, 3.63) is 86.8 Å². The fourth-order valence-electron chi connectivity index (χ4n) is 5.69. The highest BCUT2D eigenvalue weighted by molar-refractivity contribution is 6.04. The summed E-state index contributed by atoms with van der Waals surface area (Å²) in [5.74, 6) is -1.99. The van der Waals surface area contributed by atoms with E-state index in [1.54, 1.807) is 25.1 Å². The largest absolute Gasteiger partial charge is 0.478 e. The zero-order valence-corrected chi connectivity index (χ0v) is 20.2. The monoisotopic (exact) mass is 458 g/mol. The number of carboxylic acid groups (broad SMARTS) is 1.